The molecule has 0 saturated heterocycles. The van der Waals surface area contributed by atoms with E-state index in [1.807, 2.05) is 0 Å². The summed E-state index contributed by atoms with van der Waals surface area (Å²) in [5.41, 5.74) is 1.15. The number of benzene rings is 2. The maximum atomic E-state index is 13.0. The van der Waals surface area contributed by atoms with Crippen molar-refractivity contribution < 1.29 is 17.9 Å². The van der Waals surface area contributed by atoms with Crippen LogP contribution in [-0.2, 0) is 6.54 Å². The Balaban J connectivity index is 2.08. The molecule has 0 bridgehead atoms. The second-order valence-electron chi connectivity index (χ2n) is 3.98. The number of nitrogens with one attached hydrogen (secondary N) is 1. The summed E-state index contributed by atoms with van der Waals surface area (Å²) in [5, 5.41) is 2.96. The highest BCUT2D eigenvalue weighted by molar-refractivity contribution is 6.30. The van der Waals surface area contributed by atoms with Gasteiger partial charge in [0.15, 0.2) is 0 Å². The molecule has 0 aliphatic heterocycles. The van der Waals surface area contributed by atoms with Gasteiger partial charge in [-0.05, 0) is 29.8 Å². The molecule has 0 aliphatic carbocycles. The summed E-state index contributed by atoms with van der Waals surface area (Å²) in [5.74, 6) is -0.451. The molecule has 2 aromatic rings. The van der Waals surface area contributed by atoms with Crippen molar-refractivity contribution in [2.75, 3.05) is 5.32 Å². The maximum Gasteiger partial charge on any atom is 0.387 e. The van der Waals surface area contributed by atoms with Crippen molar-refractivity contribution in [3.8, 4) is 5.75 Å². The SMILES string of the molecule is Fc1ccc(CNc2ccccc2OC(F)F)cc1Cl. The van der Waals surface area contributed by atoms with Gasteiger partial charge >= 0.3 is 6.61 Å². The van der Waals surface area contributed by atoms with Crippen molar-refractivity contribution in [3.05, 3.63) is 58.9 Å². The highest BCUT2D eigenvalue weighted by atomic mass is 35.5. The lowest BCUT2D eigenvalue weighted by Crippen LogP contribution is -2.06. The van der Waals surface area contributed by atoms with Crippen molar-refractivity contribution >= 4 is 17.3 Å². The lowest BCUT2D eigenvalue weighted by molar-refractivity contribution is -0.0493. The standard InChI is InChI=1S/C14H11ClF3NO/c15-10-7-9(5-6-11(10)16)8-19-12-3-1-2-4-13(12)20-14(17)18/h1-7,14,19H,8H2. The van der Waals surface area contributed by atoms with Gasteiger partial charge in [0.05, 0.1) is 10.7 Å². The maximum absolute atomic E-state index is 13.0. The molecule has 0 aliphatic rings. The van der Waals surface area contributed by atoms with Crippen LogP contribution < -0.4 is 10.1 Å². The van der Waals surface area contributed by atoms with Crippen LogP contribution in [0.2, 0.25) is 5.02 Å². The number of hydrogen-bond acceptors (Lipinski definition) is 2. The summed E-state index contributed by atoms with van der Waals surface area (Å²) in [7, 11) is 0. The monoisotopic (exact) mass is 301 g/mol. The molecule has 0 fully saturated rings. The minimum atomic E-state index is -2.89. The van der Waals surface area contributed by atoms with Crippen molar-refractivity contribution in [2.24, 2.45) is 0 Å². The largest absolute Gasteiger partial charge is 0.433 e. The molecule has 0 atom stereocenters. The van der Waals surface area contributed by atoms with Crippen LogP contribution in [0, 0.1) is 5.82 Å². The normalized spacial score (nSPS) is 10.7. The molecule has 2 nitrogen and oxygen atoms in total. The molecule has 6 heteroatoms. The van der Waals surface area contributed by atoms with Gasteiger partial charge in [-0.15, -0.1) is 0 Å². The number of para-hydroxylation sites is 2. The highest BCUT2D eigenvalue weighted by Crippen LogP contribution is 2.26. The molecule has 20 heavy (non-hydrogen) atoms. The summed E-state index contributed by atoms with van der Waals surface area (Å²) in [6.07, 6.45) is 0. The summed E-state index contributed by atoms with van der Waals surface area (Å²) in [6.45, 7) is -2.58. The van der Waals surface area contributed by atoms with Crippen LogP contribution in [0.5, 0.6) is 5.75 Å². The quantitative estimate of drug-likeness (QED) is 0.865. The second-order valence-corrected chi connectivity index (χ2v) is 4.38. The lowest BCUT2D eigenvalue weighted by Gasteiger charge is -2.12. The molecular formula is C14H11ClF3NO. The van der Waals surface area contributed by atoms with Crippen molar-refractivity contribution in [2.45, 2.75) is 13.2 Å². The molecule has 0 aromatic heterocycles. The zero-order chi connectivity index (χ0) is 14.5. The van der Waals surface area contributed by atoms with Crippen LogP contribution in [0.25, 0.3) is 0 Å². The average Bonchev–Trinajstić information content (AvgIpc) is 2.41. The Kier molecular flexibility index (Phi) is 4.74. The number of halogens is 4. The Morgan fingerprint density at radius 2 is 1.90 bits per heavy atom. The zero-order valence-electron chi connectivity index (χ0n) is 10.2. The third-order valence-corrected chi connectivity index (χ3v) is 2.86. The molecular weight excluding hydrogens is 291 g/mol. The van der Waals surface area contributed by atoms with Gasteiger partial charge in [0, 0.05) is 6.54 Å². The van der Waals surface area contributed by atoms with E-state index < -0.39 is 12.4 Å². The fourth-order valence-electron chi connectivity index (χ4n) is 1.66. The fourth-order valence-corrected chi connectivity index (χ4v) is 1.86. The third-order valence-electron chi connectivity index (χ3n) is 2.57. The van der Waals surface area contributed by atoms with Gasteiger partial charge < -0.3 is 10.1 Å². The molecule has 0 unspecified atom stereocenters. The predicted octanol–water partition coefficient (Wildman–Crippen LogP) is 4.69. The molecule has 0 spiro atoms. The van der Waals surface area contributed by atoms with Crippen LogP contribution >= 0.6 is 11.6 Å². The van der Waals surface area contributed by atoms with Gasteiger partial charge in [-0.1, -0.05) is 29.8 Å². The minimum Gasteiger partial charge on any atom is -0.433 e. The van der Waals surface area contributed by atoms with E-state index in [2.05, 4.69) is 10.1 Å². The van der Waals surface area contributed by atoms with E-state index in [-0.39, 0.29) is 10.8 Å². The summed E-state index contributed by atoms with van der Waals surface area (Å²) in [4.78, 5) is 0. The Labute approximate surface area is 119 Å². The molecule has 0 saturated carbocycles. The van der Waals surface area contributed by atoms with Crippen molar-refractivity contribution in [1.82, 2.24) is 0 Å². The predicted molar refractivity (Wildman–Crippen MR) is 71.8 cm³/mol. The smallest absolute Gasteiger partial charge is 0.387 e. The van der Waals surface area contributed by atoms with Gasteiger partial charge in [0.25, 0.3) is 0 Å². The Morgan fingerprint density at radius 3 is 2.60 bits per heavy atom. The third kappa shape index (κ3) is 3.81. The second kappa shape index (κ2) is 6.52. The van der Waals surface area contributed by atoms with Gasteiger partial charge in [-0.25, -0.2) is 4.39 Å². The number of rotatable bonds is 5. The first-order valence-corrected chi connectivity index (χ1v) is 6.15. The molecule has 2 aromatic carbocycles. The summed E-state index contributed by atoms with van der Waals surface area (Å²) < 4.78 is 41.9. The van der Waals surface area contributed by atoms with Gasteiger partial charge in [-0.2, -0.15) is 8.78 Å². The van der Waals surface area contributed by atoms with Gasteiger partial charge in [0.2, 0.25) is 0 Å². The molecule has 0 amide bonds. The highest BCUT2D eigenvalue weighted by Gasteiger charge is 2.09. The van der Waals surface area contributed by atoms with Crippen molar-refractivity contribution in [3.63, 3.8) is 0 Å². The molecule has 0 radical (unpaired) electrons. The lowest BCUT2D eigenvalue weighted by atomic mass is 10.2. The topological polar surface area (TPSA) is 21.3 Å². The first kappa shape index (κ1) is 14.5. The number of ether oxygens (including phenoxy) is 1. The van der Waals surface area contributed by atoms with Crippen LogP contribution in [0.4, 0.5) is 18.9 Å². The number of anilines is 1. The Morgan fingerprint density at radius 1 is 1.15 bits per heavy atom. The van der Waals surface area contributed by atoms with Crippen LogP contribution in [-0.4, -0.2) is 6.61 Å². The van der Waals surface area contributed by atoms with E-state index in [1.54, 1.807) is 24.3 Å². The summed E-state index contributed by atoms with van der Waals surface area (Å²) >= 11 is 5.67. The van der Waals surface area contributed by atoms with E-state index in [1.165, 1.54) is 18.2 Å². The molecule has 1 N–H and O–H groups in total. The first-order valence-electron chi connectivity index (χ1n) is 5.78. The number of hydrogen-bond donors (Lipinski definition) is 1. The van der Waals surface area contributed by atoms with E-state index in [0.717, 1.165) is 5.56 Å². The molecule has 106 valence electrons. The average molecular weight is 302 g/mol. The molecule has 0 heterocycles. The van der Waals surface area contributed by atoms with Crippen LogP contribution in [0.3, 0.4) is 0 Å². The minimum absolute atomic E-state index is 0.0152. The van der Waals surface area contributed by atoms with Crippen LogP contribution in [0.15, 0.2) is 42.5 Å². The number of alkyl halides is 2. The fraction of sp³-hybridized carbons (Fsp3) is 0.143. The van der Waals surface area contributed by atoms with E-state index in [0.29, 0.717) is 12.2 Å². The first-order chi connectivity index (χ1) is 9.56. The van der Waals surface area contributed by atoms with Gasteiger partial charge in [-0.3, -0.25) is 0 Å². The van der Waals surface area contributed by atoms with Gasteiger partial charge in [0.1, 0.15) is 11.6 Å². The van der Waals surface area contributed by atoms with Crippen molar-refractivity contribution in [1.29, 1.82) is 0 Å². The van der Waals surface area contributed by atoms with E-state index in [4.69, 9.17) is 11.6 Å². The van der Waals surface area contributed by atoms with Crippen LogP contribution in [0.1, 0.15) is 5.56 Å². The van der Waals surface area contributed by atoms with E-state index >= 15 is 0 Å². The zero-order valence-corrected chi connectivity index (χ0v) is 11.0. The Bertz CT molecular complexity index is 592. The van der Waals surface area contributed by atoms with E-state index in [9.17, 15) is 13.2 Å². The molecule has 2 rings (SSSR count). The Hall–Kier alpha value is -1.88. The summed E-state index contributed by atoms with van der Waals surface area (Å²) in [6, 6.07) is 10.6.